The molecule has 0 amide bonds. The first kappa shape index (κ1) is 27.9. The molecule has 1 aliphatic carbocycles. The van der Waals surface area contributed by atoms with Gasteiger partial charge in [-0.2, -0.15) is 0 Å². The lowest BCUT2D eigenvalue weighted by atomic mass is 9.78. The third-order valence-corrected chi connectivity index (χ3v) is 10.6. The van der Waals surface area contributed by atoms with E-state index >= 15 is 0 Å². The van der Waals surface area contributed by atoms with Crippen LogP contribution in [0.5, 0.6) is 0 Å². The van der Waals surface area contributed by atoms with E-state index in [0.29, 0.717) is 0 Å². The molecule has 0 N–H and O–H groups in total. The van der Waals surface area contributed by atoms with Gasteiger partial charge in [0.05, 0.1) is 11.2 Å². The molecule has 0 atom stereocenters. The van der Waals surface area contributed by atoms with Gasteiger partial charge in [-0.1, -0.05) is 153 Å². The SMILES string of the molecule is CC1(C)c2cc(-c3cccc(-c4nc(-c5ccccc5)c5ccccc5n4)c3)ccc2-c2ccc3c4ccccc4c4ccccc4c3c21. The standard InChI is InChI=1S/C47H32N2/c1-47(2)41-28-31(30-15-12-16-32(27-30)46-48-42-22-11-10-21-40(42)45(49-46)29-13-4-3-5-14-29)23-24-36(41)39-26-25-38-35-19-7-6-17-33(35)34-18-8-9-20-37(34)43(38)44(39)47/h3-28H,1-2H3. The molecule has 0 unspecified atom stereocenters. The molecule has 0 saturated heterocycles. The Labute approximate surface area is 285 Å². The van der Waals surface area contributed by atoms with Crippen LogP contribution in [0, 0.1) is 0 Å². The molecule has 1 aromatic heterocycles. The van der Waals surface area contributed by atoms with E-state index in [0.717, 1.165) is 39.1 Å². The second-order valence-corrected chi connectivity index (χ2v) is 13.7. The lowest BCUT2D eigenvalue weighted by Crippen LogP contribution is -2.15. The summed E-state index contributed by atoms with van der Waals surface area (Å²) < 4.78 is 0. The maximum Gasteiger partial charge on any atom is 0.160 e. The summed E-state index contributed by atoms with van der Waals surface area (Å²) in [5, 5.41) is 9.03. The van der Waals surface area contributed by atoms with Gasteiger partial charge in [0.15, 0.2) is 5.82 Å². The van der Waals surface area contributed by atoms with Crippen LogP contribution in [0.1, 0.15) is 25.0 Å². The van der Waals surface area contributed by atoms with Gasteiger partial charge in [-0.25, -0.2) is 9.97 Å². The quantitative estimate of drug-likeness (QED) is 0.183. The highest BCUT2D eigenvalue weighted by molar-refractivity contribution is 6.27. The summed E-state index contributed by atoms with van der Waals surface area (Å²) in [4.78, 5) is 10.2. The first-order chi connectivity index (χ1) is 24.1. The summed E-state index contributed by atoms with van der Waals surface area (Å²) in [5.41, 5.74) is 11.6. The minimum atomic E-state index is -0.185. The zero-order valence-corrected chi connectivity index (χ0v) is 27.4. The number of benzene rings is 8. The van der Waals surface area contributed by atoms with Crippen molar-refractivity contribution in [2.75, 3.05) is 0 Å². The Morgan fingerprint density at radius 3 is 1.76 bits per heavy atom. The van der Waals surface area contributed by atoms with E-state index in [2.05, 4.69) is 159 Å². The predicted molar refractivity (Wildman–Crippen MR) is 206 cm³/mol. The van der Waals surface area contributed by atoms with E-state index < -0.39 is 0 Å². The molecule has 0 spiro atoms. The van der Waals surface area contributed by atoms with Crippen LogP contribution >= 0.6 is 0 Å². The average Bonchev–Trinajstić information content (AvgIpc) is 3.40. The number of nitrogens with zero attached hydrogens (tertiary/aromatic N) is 2. The molecule has 8 aromatic carbocycles. The number of para-hydroxylation sites is 1. The molecule has 1 heterocycles. The van der Waals surface area contributed by atoms with Gasteiger partial charge in [-0.3, -0.25) is 0 Å². The molecule has 1 aliphatic rings. The Balaban J connectivity index is 1.12. The number of hydrogen-bond donors (Lipinski definition) is 0. The third-order valence-electron chi connectivity index (χ3n) is 10.6. The van der Waals surface area contributed by atoms with Crippen molar-refractivity contribution < 1.29 is 0 Å². The average molecular weight is 625 g/mol. The van der Waals surface area contributed by atoms with E-state index in [4.69, 9.17) is 9.97 Å². The van der Waals surface area contributed by atoms with Gasteiger partial charge in [0.2, 0.25) is 0 Å². The van der Waals surface area contributed by atoms with Crippen molar-refractivity contribution in [1.82, 2.24) is 9.97 Å². The molecule has 2 nitrogen and oxygen atoms in total. The van der Waals surface area contributed by atoms with Crippen LogP contribution in [-0.2, 0) is 5.41 Å². The Morgan fingerprint density at radius 1 is 0.408 bits per heavy atom. The lowest BCUT2D eigenvalue weighted by molar-refractivity contribution is 0.667. The number of rotatable bonds is 3. The molecule has 0 saturated carbocycles. The van der Waals surface area contributed by atoms with Gasteiger partial charge < -0.3 is 0 Å². The zero-order valence-electron chi connectivity index (χ0n) is 27.4. The lowest BCUT2D eigenvalue weighted by Gasteiger charge is -2.25. The summed E-state index contributed by atoms with van der Waals surface area (Å²) in [6, 6.07) is 56.9. The van der Waals surface area contributed by atoms with E-state index in [-0.39, 0.29) is 5.41 Å². The van der Waals surface area contributed by atoms with Crippen molar-refractivity contribution in [3.63, 3.8) is 0 Å². The summed E-state index contributed by atoms with van der Waals surface area (Å²) in [6.07, 6.45) is 0. The van der Waals surface area contributed by atoms with E-state index in [1.807, 2.05) is 12.1 Å². The van der Waals surface area contributed by atoms with Gasteiger partial charge in [0.25, 0.3) is 0 Å². The van der Waals surface area contributed by atoms with E-state index in [1.165, 1.54) is 60.1 Å². The second-order valence-electron chi connectivity index (χ2n) is 13.7. The Hall–Kier alpha value is -6.12. The van der Waals surface area contributed by atoms with Gasteiger partial charge in [0.1, 0.15) is 0 Å². The second kappa shape index (κ2) is 10.4. The van der Waals surface area contributed by atoms with Crippen molar-refractivity contribution in [2.45, 2.75) is 19.3 Å². The predicted octanol–water partition coefficient (Wildman–Crippen LogP) is 12.4. The topological polar surface area (TPSA) is 25.8 Å². The third kappa shape index (κ3) is 4.14. The zero-order chi connectivity index (χ0) is 32.7. The normalized spacial score (nSPS) is 13.3. The molecular formula is C47H32N2. The molecule has 10 rings (SSSR count). The van der Waals surface area contributed by atoms with Crippen LogP contribution in [-0.4, -0.2) is 9.97 Å². The largest absolute Gasteiger partial charge is 0.228 e. The van der Waals surface area contributed by atoms with Crippen molar-refractivity contribution in [3.05, 3.63) is 169 Å². The highest BCUT2D eigenvalue weighted by Crippen LogP contribution is 2.54. The van der Waals surface area contributed by atoms with Crippen molar-refractivity contribution in [2.24, 2.45) is 0 Å². The van der Waals surface area contributed by atoms with Gasteiger partial charge in [-0.15, -0.1) is 0 Å². The fourth-order valence-corrected chi connectivity index (χ4v) is 8.34. The smallest absolute Gasteiger partial charge is 0.160 e. The van der Waals surface area contributed by atoms with Crippen LogP contribution in [0.2, 0.25) is 0 Å². The molecule has 0 radical (unpaired) electrons. The van der Waals surface area contributed by atoms with Gasteiger partial charge >= 0.3 is 0 Å². The van der Waals surface area contributed by atoms with Crippen LogP contribution in [0.25, 0.3) is 88.1 Å². The minimum Gasteiger partial charge on any atom is -0.228 e. The van der Waals surface area contributed by atoms with Gasteiger partial charge in [-0.05, 0) is 83.9 Å². The van der Waals surface area contributed by atoms with Crippen LogP contribution in [0.4, 0.5) is 0 Å². The minimum absolute atomic E-state index is 0.185. The van der Waals surface area contributed by atoms with Crippen LogP contribution < -0.4 is 0 Å². The van der Waals surface area contributed by atoms with Crippen LogP contribution in [0.15, 0.2) is 158 Å². The van der Waals surface area contributed by atoms with Crippen molar-refractivity contribution >= 4 is 43.2 Å². The van der Waals surface area contributed by atoms with Crippen LogP contribution in [0.3, 0.4) is 0 Å². The molecule has 9 aromatic rings. The number of aromatic nitrogens is 2. The Bertz CT molecular complexity index is 2760. The first-order valence-electron chi connectivity index (χ1n) is 17.0. The van der Waals surface area contributed by atoms with Crippen molar-refractivity contribution in [1.29, 1.82) is 0 Å². The fourth-order valence-electron chi connectivity index (χ4n) is 8.34. The van der Waals surface area contributed by atoms with E-state index in [9.17, 15) is 0 Å². The molecule has 0 bridgehead atoms. The van der Waals surface area contributed by atoms with Crippen molar-refractivity contribution in [3.8, 4) is 44.9 Å². The number of hydrogen-bond acceptors (Lipinski definition) is 2. The van der Waals surface area contributed by atoms with Gasteiger partial charge in [0, 0.05) is 21.9 Å². The first-order valence-corrected chi connectivity index (χ1v) is 17.0. The maximum absolute atomic E-state index is 5.15. The number of fused-ring (bicyclic) bond motifs is 11. The summed E-state index contributed by atoms with van der Waals surface area (Å²) in [6.45, 7) is 4.80. The van der Waals surface area contributed by atoms with E-state index in [1.54, 1.807) is 0 Å². The molecule has 0 fully saturated rings. The summed E-state index contributed by atoms with van der Waals surface area (Å²) in [7, 11) is 0. The molecular weight excluding hydrogens is 593 g/mol. The molecule has 230 valence electrons. The monoisotopic (exact) mass is 624 g/mol. The molecule has 2 heteroatoms. The molecule has 0 aliphatic heterocycles. The highest BCUT2D eigenvalue weighted by Gasteiger charge is 2.38. The maximum atomic E-state index is 5.15. The summed E-state index contributed by atoms with van der Waals surface area (Å²) in [5.74, 6) is 0.735. The summed E-state index contributed by atoms with van der Waals surface area (Å²) >= 11 is 0. The fraction of sp³-hybridized carbons (Fsp3) is 0.0638. The molecule has 49 heavy (non-hydrogen) atoms. The highest BCUT2D eigenvalue weighted by atomic mass is 14.9. The Kier molecular flexibility index (Phi) is 5.95. The Morgan fingerprint density at radius 2 is 0.980 bits per heavy atom.